The van der Waals surface area contributed by atoms with Crippen molar-refractivity contribution in [2.24, 2.45) is 0 Å². The lowest BCUT2D eigenvalue weighted by Crippen LogP contribution is -2.68. The normalized spacial score (nSPS) is 19.2. The number of aryl methyl sites for hydroxylation is 1. The van der Waals surface area contributed by atoms with Crippen molar-refractivity contribution < 1.29 is 19.1 Å². The third-order valence-electron chi connectivity index (χ3n) is 5.00. The van der Waals surface area contributed by atoms with Crippen LogP contribution in [0.4, 0.5) is 4.79 Å². The molecule has 2 rings (SSSR count). The van der Waals surface area contributed by atoms with Crippen LogP contribution >= 0.6 is 0 Å². The number of ether oxygens (including phenoxy) is 1. The van der Waals surface area contributed by atoms with Gasteiger partial charge in [0.1, 0.15) is 11.1 Å². The number of carbonyl (C=O) groups is 3. The van der Waals surface area contributed by atoms with Crippen LogP contribution in [0, 0.1) is 18.3 Å². The van der Waals surface area contributed by atoms with Gasteiger partial charge in [-0.15, -0.1) is 6.58 Å². The van der Waals surface area contributed by atoms with Gasteiger partial charge in [0, 0.05) is 25.1 Å². The molecule has 3 amide bonds. The Morgan fingerprint density at radius 1 is 1.27 bits per heavy atom. The molecule has 0 bridgehead atoms. The second-order valence-corrected chi connectivity index (χ2v) is 8.44. The van der Waals surface area contributed by atoms with Gasteiger partial charge in [-0.2, -0.15) is 5.26 Å². The summed E-state index contributed by atoms with van der Waals surface area (Å²) in [4.78, 5) is 42.1. The molecule has 30 heavy (non-hydrogen) atoms. The van der Waals surface area contributed by atoms with Crippen molar-refractivity contribution in [2.45, 2.75) is 58.1 Å². The number of benzene rings is 1. The highest BCUT2D eigenvalue weighted by Gasteiger charge is 2.52. The monoisotopic (exact) mass is 411 g/mol. The number of piperazine rings is 1. The average Bonchev–Trinajstić information content (AvgIpc) is 2.67. The van der Waals surface area contributed by atoms with Gasteiger partial charge in [0.2, 0.25) is 0 Å². The molecule has 1 atom stereocenters. The topological polar surface area (TPSA) is 90.7 Å². The van der Waals surface area contributed by atoms with Gasteiger partial charge in [0.25, 0.3) is 11.8 Å². The zero-order chi connectivity index (χ0) is 22.5. The van der Waals surface area contributed by atoms with Crippen molar-refractivity contribution in [1.29, 1.82) is 5.26 Å². The Hall–Kier alpha value is -3.14. The van der Waals surface area contributed by atoms with Crippen LogP contribution in [0.3, 0.4) is 0 Å². The van der Waals surface area contributed by atoms with Crippen molar-refractivity contribution in [1.82, 2.24) is 9.80 Å². The van der Waals surface area contributed by atoms with Crippen molar-refractivity contribution in [3.8, 4) is 6.07 Å². The molecule has 1 saturated heterocycles. The molecule has 0 saturated carbocycles. The van der Waals surface area contributed by atoms with Gasteiger partial charge >= 0.3 is 6.09 Å². The molecule has 0 radical (unpaired) electrons. The van der Waals surface area contributed by atoms with E-state index in [1.165, 1.54) is 15.9 Å². The molecule has 1 fully saturated rings. The lowest BCUT2D eigenvalue weighted by atomic mass is 9.84. The van der Waals surface area contributed by atoms with Crippen LogP contribution < -0.4 is 0 Å². The summed E-state index contributed by atoms with van der Waals surface area (Å²) in [6.45, 7) is 11.1. The molecule has 1 aromatic rings. The van der Waals surface area contributed by atoms with Crippen LogP contribution in [0.5, 0.6) is 0 Å². The van der Waals surface area contributed by atoms with Gasteiger partial charge in [0.05, 0.1) is 6.07 Å². The van der Waals surface area contributed by atoms with Gasteiger partial charge in [-0.05, 0) is 52.7 Å². The molecule has 160 valence electrons. The fourth-order valence-electron chi connectivity index (χ4n) is 3.55. The number of imide groups is 1. The van der Waals surface area contributed by atoms with Crippen LogP contribution in [0.25, 0.3) is 0 Å². The number of nitrogens with zero attached hydrogens (tertiary/aromatic N) is 3. The van der Waals surface area contributed by atoms with E-state index in [1.54, 1.807) is 45.0 Å². The summed E-state index contributed by atoms with van der Waals surface area (Å²) in [5.41, 5.74) is -0.738. The average molecular weight is 412 g/mol. The summed E-state index contributed by atoms with van der Waals surface area (Å²) in [6, 6.07) is 9.01. The Morgan fingerprint density at radius 3 is 2.43 bits per heavy atom. The molecule has 7 nitrogen and oxygen atoms in total. The summed E-state index contributed by atoms with van der Waals surface area (Å²) in [7, 11) is 0. The fourth-order valence-corrected chi connectivity index (χ4v) is 3.55. The first-order chi connectivity index (χ1) is 14.1. The van der Waals surface area contributed by atoms with Gasteiger partial charge in [-0.3, -0.25) is 19.4 Å². The van der Waals surface area contributed by atoms with E-state index in [2.05, 4.69) is 6.58 Å². The Kier molecular flexibility index (Phi) is 7.04. The minimum atomic E-state index is -1.39. The largest absolute Gasteiger partial charge is 0.444 e. The Labute approximate surface area is 177 Å². The van der Waals surface area contributed by atoms with Crippen molar-refractivity contribution in [3.05, 3.63) is 48.0 Å². The van der Waals surface area contributed by atoms with E-state index >= 15 is 0 Å². The zero-order valence-electron chi connectivity index (χ0n) is 18.1. The number of amides is 3. The quantitative estimate of drug-likeness (QED) is 0.542. The summed E-state index contributed by atoms with van der Waals surface area (Å²) in [5.74, 6) is -0.936. The highest BCUT2D eigenvalue weighted by molar-refractivity contribution is 6.08. The van der Waals surface area contributed by atoms with Crippen molar-refractivity contribution in [2.75, 3.05) is 13.1 Å². The lowest BCUT2D eigenvalue weighted by Gasteiger charge is -2.48. The SMILES string of the molecule is C=CC[C@@]1(CCC#N)C(=O)N(C(=O)c2ccc(C)cc2)CCN1C(=O)OC(C)(C)C. The highest BCUT2D eigenvalue weighted by atomic mass is 16.6. The third-order valence-corrected chi connectivity index (χ3v) is 5.00. The van der Waals surface area contributed by atoms with Crippen molar-refractivity contribution >= 4 is 17.9 Å². The molecule has 1 aliphatic rings. The fraction of sp³-hybridized carbons (Fsp3) is 0.478. The maximum absolute atomic E-state index is 13.6. The predicted molar refractivity (Wildman–Crippen MR) is 113 cm³/mol. The Morgan fingerprint density at radius 2 is 1.90 bits per heavy atom. The standard InChI is InChI=1S/C23H29N3O4/c1-6-12-23(13-7-14-24)20(28)25(19(27)18-10-8-17(2)9-11-18)15-16-26(23)21(29)30-22(3,4)5/h6,8-11H,1,7,12-13,15-16H2,2-5H3/t23-/m1/s1. The molecular weight excluding hydrogens is 382 g/mol. The van der Waals surface area contributed by atoms with E-state index in [0.29, 0.717) is 5.56 Å². The van der Waals surface area contributed by atoms with E-state index < -0.39 is 29.0 Å². The number of carbonyl (C=O) groups excluding carboxylic acids is 3. The van der Waals surface area contributed by atoms with E-state index in [1.807, 2.05) is 13.0 Å². The third kappa shape index (κ3) is 4.88. The molecule has 0 unspecified atom stereocenters. The molecule has 1 heterocycles. The number of nitriles is 1. The molecular formula is C23H29N3O4. The minimum Gasteiger partial charge on any atom is -0.444 e. The number of hydrogen-bond donors (Lipinski definition) is 0. The highest BCUT2D eigenvalue weighted by Crippen LogP contribution is 2.34. The van der Waals surface area contributed by atoms with E-state index in [0.717, 1.165) is 5.56 Å². The number of hydrogen-bond acceptors (Lipinski definition) is 5. The smallest absolute Gasteiger partial charge is 0.411 e. The maximum atomic E-state index is 13.6. The van der Waals surface area contributed by atoms with Crippen LogP contribution in [0.15, 0.2) is 36.9 Å². The maximum Gasteiger partial charge on any atom is 0.411 e. The first-order valence-corrected chi connectivity index (χ1v) is 9.97. The van der Waals surface area contributed by atoms with E-state index in [-0.39, 0.29) is 32.4 Å². The summed E-state index contributed by atoms with van der Waals surface area (Å²) in [5, 5.41) is 9.15. The van der Waals surface area contributed by atoms with Gasteiger partial charge in [0.15, 0.2) is 0 Å². The molecule has 7 heteroatoms. The Bertz CT molecular complexity index is 864. The van der Waals surface area contributed by atoms with Gasteiger partial charge < -0.3 is 4.74 Å². The second kappa shape index (κ2) is 9.12. The van der Waals surface area contributed by atoms with E-state index in [4.69, 9.17) is 10.00 Å². The van der Waals surface area contributed by atoms with Crippen LogP contribution in [0.2, 0.25) is 0 Å². The molecule has 0 aliphatic carbocycles. The first kappa shape index (κ1) is 23.1. The van der Waals surface area contributed by atoms with E-state index in [9.17, 15) is 14.4 Å². The van der Waals surface area contributed by atoms with Crippen LogP contribution in [0.1, 0.15) is 56.0 Å². The van der Waals surface area contributed by atoms with Crippen molar-refractivity contribution in [3.63, 3.8) is 0 Å². The molecule has 0 spiro atoms. The van der Waals surface area contributed by atoms with Crippen LogP contribution in [-0.4, -0.2) is 51.9 Å². The van der Waals surface area contributed by atoms with Gasteiger partial charge in [-0.25, -0.2) is 4.79 Å². The first-order valence-electron chi connectivity index (χ1n) is 9.97. The molecule has 0 N–H and O–H groups in total. The molecule has 1 aliphatic heterocycles. The van der Waals surface area contributed by atoms with Gasteiger partial charge in [-0.1, -0.05) is 23.8 Å². The molecule has 0 aromatic heterocycles. The molecule has 1 aromatic carbocycles. The summed E-state index contributed by atoms with van der Waals surface area (Å²) in [6.07, 6.45) is 1.14. The zero-order valence-corrected chi connectivity index (χ0v) is 18.1. The summed E-state index contributed by atoms with van der Waals surface area (Å²) < 4.78 is 5.51. The Balaban J connectivity index is 2.45. The second-order valence-electron chi connectivity index (χ2n) is 8.44. The number of rotatable bonds is 5. The minimum absolute atomic E-state index is 0.0471. The summed E-state index contributed by atoms with van der Waals surface area (Å²) >= 11 is 0. The predicted octanol–water partition coefficient (Wildman–Crippen LogP) is 3.83. The van der Waals surface area contributed by atoms with Crippen LogP contribution in [-0.2, 0) is 9.53 Å². The lowest BCUT2D eigenvalue weighted by molar-refractivity contribution is -0.147.